The molecule has 9 heteroatoms. The summed E-state index contributed by atoms with van der Waals surface area (Å²) >= 11 is 0. The zero-order valence-corrected chi connectivity index (χ0v) is 14.0. The fourth-order valence-corrected chi connectivity index (χ4v) is 2.49. The minimum Gasteiger partial charge on any atom is -0.454 e. The maximum atomic E-state index is 12.5. The van der Waals surface area contributed by atoms with E-state index in [1.54, 1.807) is 4.90 Å². The maximum Gasteiger partial charge on any atom is 0.416 e. The van der Waals surface area contributed by atoms with Gasteiger partial charge in [0.05, 0.1) is 5.56 Å². The molecule has 0 atom stereocenters. The van der Waals surface area contributed by atoms with Crippen LogP contribution in [0.4, 0.5) is 13.2 Å². The van der Waals surface area contributed by atoms with E-state index in [4.69, 9.17) is 4.74 Å². The molecule has 1 aromatic rings. The van der Waals surface area contributed by atoms with Crippen molar-refractivity contribution >= 4 is 17.8 Å². The lowest BCUT2D eigenvalue weighted by molar-refractivity contribution is -0.151. The van der Waals surface area contributed by atoms with Gasteiger partial charge in [-0.05, 0) is 43.5 Å². The predicted octanol–water partition coefficient (Wildman–Crippen LogP) is 1.99. The van der Waals surface area contributed by atoms with Gasteiger partial charge in [-0.3, -0.25) is 14.4 Å². The first-order valence-electron chi connectivity index (χ1n) is 8.16. The molecule has 1 saturated heterocycles. The van der Waals surface area contributed by atoms with Crippen LogP contribution in [0, 0.1) is 0 Å². The van der Waals surface area contributed by atoms with Gasteiger partial charge in [0.1, 0.15) is 6.54 Å². The van der Waals surface area contributed by atoms with Gasteiger partial charge in [-0.25, -0.2) is 0 Å². The predicted molar refractivity (Wildman–Crippen MR) is 85.2 cm³/mol. The van der Waals surface area contributed by atoms with Crippen molar-refractivity contribution in [2.24, 2.45) is 0 Å². The van der Waals surface area contributed by atoms with Gasteiger partial charge >= 0.3 is 12.1 Å². The van der Waals surface area contributed by atoms with E-state index in [-0.39, 0.29) is 11.5 Å². The number of carbonyl (C=O) groups excluding carboxylic acids is 3. The van der Waals surface area contributed by atoms with E-state index in [9.17, 15) is 27.6 Å². The SMILES string of the molecule is O=C(CNC(=O)c1ccc(C(F)(F)F)cc1)OCC(=O)N1CCCCC1. The van der Waals surface area contributed by atoms with Crippen molar-refractivity contribution < 1.29 is 32.3 Å². The Morgan fingerprint density at radius 2 is 1.65 bits per heavy atom. The minimum absolute atomic E-state index is 0.0183. The first-order chi connectivity index (χ1) is 12.3. The number of halogens is 3. The molecule has 1 fully saturated rings. The number of ether oxygens (including phenoxy) is 1. The molecule has 2 amide bonds. The Kier molecular flexibility index (Phi) is 6.59. The van der Waals surface area contributed by atoms with Crippen LogP contribution >= 0.6 is 0 Å². The van der Waals surface area contributed by atoms with E-state index in [1.807, 2.05) is 0 Å². The number of nitrogens with zero attached hydrogens (tertiary/aromatic N) is 1. The summed E-state index contributed by atoms with van der Waals surface area (Å²) in [4.78, 5) is 36.9. The van der Waals surface area contributed by atoms with Crippen LogP contribution in [-0.2, 0) is 20.5 Å². The molecule has 1 aliphatic heterocycles. The number of likely N-dealkylation sites (tertiary alicyclic amines) is 1. The average molecular weight is 372 g/mol. The van der Waals surface area contributed by atoms with Crippen molar-refractivity contribution in [3.05, 3.63) is 35.4 Å². The lowest BCUT2D eigenvalue weighted by Crippen LogP contribution is -2.39. The molecular weight excluding hydrogens is 353 g/mol. The summed E-state index contributed by atoms with van der Waals surface area (Å²) in [6.07, 6.45) is -1.58. The first-order valence-corrected chi connectivity index (χ1v) is 8.16. The van der Waals surface area contributed by atoms with E-state index in [0.717, 1.165) is 43.5 Å². The van der Waals surface area contributed by atoms with Gasteiger partial charge < -0.3 is 15.0 Å². The molecule has 0 aliphatic carbocycles. The Balaban J connectivity index is 1.74. The summed E-state index contributed by atoms with van der Waals surface area (Å²) in [5.74, 6) is -1.79. The van der Waals surface area contributed by atoms with Gasteiger partial charge in [0.2, 0.25) is 0 Å². The van der Waals surface area contributed by atoms with Gasteiger partial charge in [-0.15, -0.1) is 0 Å². The molecule has 0 radical (unpaired) electrons. The molecule has 6 nitrogen and oxygen atoms in total. The maximum absolute atomic E-state index is 12.5. The molecule has 1 heterocycles. The average Bonchev–Trinajstić information content (AvgIpc) is 2.64. The normalized spacial score (nSPS) is 14.7. The Morgan fingerprint density at radius 1 is 1.04 bits per heavy atom. The molecule has 1 N–H and O–H groups in total. The third-order valence-corrected chi connectivity index (χ3v) is 3.93. The highest BCUT2D eigenvalue weighted by atomic mass is 19.4. The summed E-state index contributed by atoms with van der Waals surface area (Å²) in [5.41, 5.74) is -0.889. The molecule has 26 heavy (non-hydrogen) atoms. The number of amides is 2. The summed E-state index contributed by atoms with van der Waals surface area (Å²) in [6, 6.07) is 3.60. The third kappa shape index (κ3) is 5.75. The van der Waals surface area contributed by atoms with E-state index in [1.165, 1.54) is 0 Å². The molecule has 0 bridgehead atoms. The number of esters is 1. The van der Waals surface area contributed by atoms with Crippen LogP contribution in [0.2, 0.25) is 0 Å². The number of alkyl halides is 3. The topological polar surface area (TPSA) is 75.7 Å². The van der Waals surface area contributed by atoms with Crippen molar-refractivity contribution in [2.45, 2.75) is 25.4 Å². The van der Waals surface area contributed by atoms with Gasteiger partial charge in [-0.2, -0.15) is 13.2 Å². The lowest BCUT2D eigenvalue weighted by Gasteiger charge is -2.26. The van der Waals surface area contributed by atoms with Crippen LogP contribution in [-0.4, -0.2) is 48.9 Å². The van der Waals surface area contributed by atoms with E-state index >= 15 is 0 Å². The molecule has 142 valence electrons. The van der Waals surface area contributed by atoms with Gasteiger partial charge in [0.25, 0.3) is 11.8 Å². The number of nitrogens with one attached hydrogen (secondary N) is 1. The van der Waals surface area contributed by atoms with Crippen molar-refractivity contribution in [3.63, 3.8) is 0 Å². The smallest absolute Gasteiger partial charge is 0.416 e. The van der Waals surface area contributed by atoms with E-state index in [0.29, 0.717) is 13.1 Å². The Bertz CT molecular complexity index is 653. The molecule has 0 saturated carbocycles. The second-order valence-corrected chi connectivity index (χ2v) is 5.86. The Morgan fingerprint density at radius 3 is 2.23 bits per heavy atom. The Hall–Kier alpha value is -2.58. The minimum atomic E-state index is -4.49. The highest BCUT2D eigenvalue weighted by Gasteiger charge is 2.30. The molecule has 0 unspecified atom stereocenters. The second-order valence-electron chi connectivity index (χ2n) is 5.86. The van der Waals surface area contributed by atoms with Gasteiger partial charge in [0.15, 0.2) is 6.61 Å². The zero-order valence-electron chi connectivity index (χ0n) is 14.0. The number of rotatable bonds is 5. The highest BCUT2D eigenvalue weighted by Crippen LogP contribution is 2.29. The van der Waals surface area contributed by atoms with Crippen LogP contribution in [0.5, 0.6) is 0 Å². The van der Waals surface area contributed by atoms with Crippen molar-refractivity contribution in [1.82, 2.24) is 10.2 Å². The molecule has 0 spiro atoms. The number of carbonyl (C=O) groups is 3. The second kappa shape index (κ2) is 8.68. The molecule has 2 rings (SSSR count). The fourth-order valence-electron chi connectivity index (χ4n) is 2.49. The fraction of sp³-hybridized carbons (Fsp3) is 0.471. The number of hydrogen-bond donors (Lipinski definition) is 1. The third-order valence-electron chi connectivity index (χ3n) is 3.93. The van der Waals surface area contributed by atoms with Crippen molar-refractivity contribution in [3.8, 4) is 0 Å². The molecule has 0 aromatic heterocycles. The first kappa shape index (κ1) is 19.7. The number of piperidine rings is 1. The number of benzene rings is 1. The van der Waals surface area contributed by atoms with Crippen LogP contribution in [0.3, 0.4) is 0 Å². The van der Waals surface area contributed by atoms with Crippen molar-refractivity contribution in [2.75, 3.05) is 26.2 Å². The highest BCUT2D eigenvalue weighted by molar-refractivity contribution is 5.96. The standard InChI is InChI=1S/C17H19F3N2O4/c18-17(19,20)13-6-4-12(5-7-13)16(25)21-10-15(24)26-11-14(23)22-8-2-1-3-9-22/h4-7H,1-3,8-11H2,(H,21,25). The van der Waals surface area contributed by atoms with Gasteiger partial charge in [-0.1, -0.05) is 0 Å². The van der Waals surface area contributed by atoms with Gasteiger partial charge in [0, 0.05) is 18.7 Å². The Labute approximate surface area is 148 Å². The number of hydrogen-bond acceptors (Lipinski definition) is 4. The van der Waals surface area contributed by atoms with Crippen LogP contribution in [0.25, 0.3) is 0 Å². The van der Waals surface area contributed by atoms with Crippen LogP contribution in [0.15, 0.2) is 24.3 Å². The van der Waals surface area contributed by atoms with E-state index in [2.05, 4.69) is 5.32 Å². The summed E-state index contributed by atoms with van der Waals surface area (Å²) in [7, 11) is 0. The molecule has 1 aromatic carbocycles. The largest absolute Gasteiger partial charge is 0.454 e. The lowest BCUT2D eigenvalue weighted by atomic mass is 10.1. The summed E-state index contributed by atoms with van der Waals surface area (Å²) in [5, 5.41) is 2.24. The summed E-state index contributed by atoms with van der Waals surface area (Å²) < 4.78 is 42.2. The van der Waals surface area contributed by atoms with Crippen molar-refractivity contribution in [1.29, 1.82) is 0 Å². The quantitative estimate of drug-likeness (QED) is 0.802. The van der Waals surface area contributed by atoms with E-state index < -0.39 is 36.8 Å². The van der Waals surface area contributed by atoms with Crippen LogP contribution < -0.4 is 5.32 Å². The molecular formula is C17H19F3N2O4. The monoisotopic (exact) mass is 372 g/mol. The molecule has 1 aliphatic rings. The zero-order chi connectivity index (χ0) is 19.2. The van der Waals surface area contributed by atoms with Crippen LogP contribution in [0.1, 0.15) is 35.2 Å². The summed E-state index contributed by atoms with van der Waals surface area (Å²) in [6.45, 7) is 0.407.